The molecule has 96 valence electrons. The van der Waals surface area contributed by atoms with Gasteiger partial charge in [-0.1, -0.05) is 0 Å². The Balaban J connectivity index is 2.75. The van der Waals surface area contributed by atoms with Gasteiger partial charge in [0.25, 0.3) is 5.96 Å². The first-order valence-corrected chi connectivity index (χ1v) is 4.69. The normalized spacial score (nSPS) is 11.5. The van der Waals surface area contributed by atoms with Crippen molar-refractivity contribution in [1.29, 1.82) is 0 Å². The monoisotopic (exact) mass is 254 g/mol. The van der Waals surface area contributed by atoms with Crippen LogP contribution in [0.15, 0.2) is 28.4 Å². The van der Waals surface area contributed by atoms with Gasteiger partial charge in [-0.15, -0.1) is 5.10 Å². The van der Waals surface area contributed by atoms with Crippen LogP contribution in [0.25, 0.3) is 0 Å². The summed E-state index contributed by atoms with van der Waals surface area (Å²) in [7, 11) is 1.42. The summed E-state index contributed by atoms with van der Waals surface area (Å²) in [5.41, 5.74) is 7.52. The highest BCUT2D eigenvalue weighted by Crippen LogP contribution is 2.25. The van der Waals surface area contributed by atoms with Crippen LogP contribution in [-0.2, 0) is 0 Å². The number of aromatic hydroxyl groups is 1. The number of rotatable bonds is 4. The van der Waals surface area contributed by atoms with Gasteiger partial charge in [-0.25, -0.2) is 5.21 Å². The minimum absolute atomic E-state index is 0.00149. The van der Waals surface area contributed by atoms with Gasteiger partial charge in [-0.05, 0) is 29.2 Å². The molecule has 0 unspecified atom stereocenters. The zero-order valence-electron chi connectivity index (χ0n) is 9.44. The fraction of sp³-hybridized carbons (Fsp3) is 0.111. The second kappa shape index (κ2) is 6.03. The van der Waals surface area contributed by atoms with E-state index in [1.807, 2.05) is 0 Å². The van der Waals surface area contributed by atoms with Crippen LogP contribution < -0.4 is 15.9 Å². The predicted molar refractivity (Wildman–Crippen MR) is 62.4 cm³/mol. The van der Waals surface area contributed by atoms with Crippen molar-refractivity contribution >= 4 is 12.2 Å². The maximum absolute atomic E-state index is 10.1. The molecule has 0 aliphatic heterocycles. The maximum Gasteiger partial charge on any atom is 0.362 e. The van der Waals surface area contributed by atoms with Crippen LogP contribution in [0.1, 0.15) is 5.56 Å². The molecule has 1 aromatic rings. The van der Waals surface area contributed by atoms with Gasteiger partial charge in [0.2, 0.25) is 0 Å². The highest BCUT2D eigenvalue weighted by Gasteiger charge is 2.03. The lowest BCUT2D eigenvalue weighted by Crippen LogP contribution is -2.36. The van der Waals surface area contributed by atoms with Crippen LogP contribution in [0.3, 0.4) is 0 Å². The summed E-state index contributed by atoms with van der Waals surface area (Å²) in [6.45, 7) is 0. The maximum atomic E-state index is 10.1. The van der Waals surface area contributed by atoms with Crippen molar-refractivity contribution < 1.29 is 20.1 Å². The van der Waals surface area contributed by atoms with E-state index in [1.54, 1.807) is 11.5 Å². The molecule has 0 bridgehead atoms. The van der Waals surface area contributed by atoms with Crippen molar-refractivity contribution in [3.8, 4) is 11.5 Å². The lowest BCUT2D eigenvalue weighted by molar-refractivity contribution is -0.822. The smallest absolute Gasteiger partial charge is 0.362 e. The van der Waals surface area contributed by atoms with Gasteiger partial charge < -0.3 is 15.6 Å². The Morgan fingerprint density at radius 2 is 2.33 bits per heavy atom. The molecular formula is C9H12N5O4+. The van der Waals surface area contributed by atoms with E-state index in [9.17, 15) is 10.0 Å². The van der Waals surface area contributed by atoms with Crippen molar-refractivity contribution in [2.75, 3.05) is 7.11 Å². The molecule has 0 fully saturated rings. The first kappa shape index (κ1) is 13.2. The third-order valence-electron chi connectivity index (χ3n) is 1.79. The number of hydrogen-bond donors (Lipinski definition) is 4. The third-order valence-corrected chi connectivity index (χ3v) is 1.79. The molecule has 0 radical (unpaired) electrons. The van der Waals surface area contributed by atoms with Crippen molar-refractivity contribution in [1.82, 2.24) is 5.43 Å². The Morgan fingerprint density at radius 3 is 2.94 bits per heavy atom. The van der Waals surface area contributed by atoms with Gasteiger partial charge in [0, 0.05) is 0 Å². The highest BCUT2D eigenvalue weighted by atomic mass is 16.7. The summed E-state index contributed by atoms with van der Waals surface area (Å²) in [5.74, 6) is -0.0915. The molecule has 0 aliphatic rings. The quantitative estimate of drug-likeness (QED) is 0.332. The van der Waals surface area contributed by atoms with Crippen LogP contribution in [0.4, 0.5) is 0 Å². The lowest BCUT2D eigenvalue weighted by Gasteiger charge is -2.02. The summed E-state index contributed by atoms with van der Waals surface area (Å²) in [6.07, 6.45) is 1.32. The van der Waals surface area contributed by atoms with Gasteiger partial charge in [0.1, 0.15) is 4.91 Å². The first-order valence-electron chi connectivity index (χ1n) is 4.69. The fourth-order valence-electron chi connectivity index (χ4n) is 1.05. The minimum Gasteiger partial charge on any atom is -0.504 e. The molecule has 9 nitrogen and oxygen atoms in total. The van der Waals surface area contributed by atoms with Crippen molar-refractivity contribution in [3.63, 3.8) is 0 Å². The van der Waals surface area contributed by atoms with Crippen LogP contribution in [0.2, 0.25) is 0 Å². The molecule has 0 saturated heterocycles. The number of nitrogens with zero attached hydrogens (tertiary/aromatic N) is 3. The molecule has 0 spiro atoms. The Hall–Kier alpha value is -2.84. The average Bonchev–Trinajstić information content (AvgIpc) is 2.30. The molecule has 0 amide bonds. The number of guanidine groups is 1. The zero-order chi connectivity index (χ0) is 13.5. The SMILES string of the molecule is COc1cc(/C=N/N=C(\N)N[N+](=O)O)ccc1O. The van der Waals surface area contributed by atoms with Gasteiger partial charge in [0.05, 0.1) is 13.3 Å². The number of phenolic OH excluding ortho intramolecular Hbond substituents is 1. The Morgan fingerprint density at radius 1 is 1.61 bits per heavy atom. The number of nitrogens with two attached hydrogens (primary N) is 1. The first-order chi connectivity index (χ1) is 8.52. The van der Waals surface area contributed by atoms with E-state index in [2.05, 4.69) is 10.2 Å². The second-order valence-corrected chi connectivity index (χ2v) is 3.05. The van der Waals surface area contributed by atoms with E-state index in [-0.39, 0.29) is 17.5 Å². The summed E-state index contributed by atoms with van der Waals surface area (Å²) >= 11 is 0. The van der Waals surface area contributed by atoms with Crippen LogP contribution in [0, 0.1) is 4.91 Å². The largest absolute Gasteiger partial charge is 0.504 e. The molecule has 1 aromatic carbocycles. The standard InChI is InChI=1S/C9H11N5O4/c1-18-8-4-6(2-3-7(8)15)5-11-12-9(10)13-14(16)17/h2-5H,1H3,(H4-,10,11,12,13,15,16,17)/p+1. The molecular weight excluding hydrogens is 242 g/mol. The Bertz CT molecular complexity index is 500. The molecule has 0 saturated carbocycles. The lowest BCUT2D eigenvalue weighted by atomic mass is 10.2. The Kier molecular flexibility index (Phi) is 4.43. The van der Waals surface area contributed by atoms with E-state index in [0.717, 1.165) is 0 Å². The number of hydrazine groups is 1. The number of ether oxygens (including phenoxy) is 1. The summed E-state index contributed by atoms with van der Waals surface area (Å²) in [4.78, 5) is 10.1. The molecule has 9 heteroatoms. The molecule has 1 rings (SSSR count). The van der Waals surface area contributed by atoms with E-state index in [0.29, 0.717) is 5.56 Å². The third kappa shape index (κ3) is 3.96. The summed E-state index contributed by atoms with van der Waals surface area (Å²) in [5, 5.41) is 23.9. The van der Waals surface area contributed by atoms with E-state index >= 15 is 0 Å². The van der Waals surface area contributed by atoms with Crippen molar-refractivity contribution in [2.45, 2.75) is 0 Å². The number of methoxy groups -OCH3 is 1. The molecule has 0 atom stereocenters. The molecule has 18 heavy (non-hydrogen) atoms. The zero-order valence-corrected chi connectivity index (χ0v) is 9.44. The van der Waals surface area contributed by atoms with Gasteiger partial charge in [-0.2, -0.15) is 5.10 Å². The molecule has 0 aliphatic carbocycles. The molecule has 0 heterocycles. The predicted octanol–water partition coefficient (Wildman–Crippen LogP) is -0.278. The van der Waals surface area contributed by atoms with E-state index < -0.39 is 5.03 Å². The summed E-state index contributed by atoms with van der Waals surface area (Å²) < 4.78 is 4.90. The fourth-order valence-corrected chi connectivity index (χ4v) is 1.05. The van der Waals surface area contributed by atoms with Crippen LogP contribution >= 0.6 is 0 Å². The van der Waals surface area contributed by atoms with Gasteiger partial charge in [0.15, 0.2) is 11.5 Å². The van der Waals surface area contributed by atoms with Gasteiger partial charge in [-0.3, -0.25) is 0 Å². The van der Waals surface area contributed by atoms with E-state index in [1.165, 1.54) is 25.5 Å². The molecule has 0 aromatic heterocycles. The number of phenols is 1. The summed E-state index contributed by atoms with van der Waals surface area (Å²) in [6, 6.07) is 4.54. The topological polar surface area (TPSA) is 133 Å². The van der Waals surface area contributed by atoms with Crippen LogP contribution in [0.5, 0.6) is 11.5 Å². The average molecular weight is 254 g/mol. The van der Waals surface area contributed by atoms with Crippen molar-refractivity contribution in [2.24, 2.45) is 15.9 Å². The van der Waals surface area contributed by atoms with Gasteiger partial charge >= 0.3 is 5.03 Å². The van der Waals surface area contributed by atoms with Crippen LogP contribution in [-0.4, -0.2) is 34.6 Å². The molecule has 5 N–H and O–H groups in total. The number of hydrogen-bond acceptors (Lipinski definition) is 5. The minimum atomic E-state index is -0.599. The highest BCUT2D eigenvalue weighted by molar-refractivity contribution is 5.82. The number of benzene rings is 1. The van der Waals surface area contributed by atoms with Crippen molar-refractivity contribution in [3.05, 3.63) is 28.7 Å². The number of nitrogens with one attached hydrogen (secondary N) is 1. The second-order valence-electron chi connectivity index (χ2n) is 3.05. The van der Waals surface area contributed by atoms with E-state index in [4.69, 9.17) is 15.7 Å². The Labute approximate surface area is 102 Å².